The summed E-state index contributed by atoms with van der Waals surface area (Å²) in [5, 5.41) is 20.4. The van der Waals surface area contributed by atoms with E-state index >= 15 is 0 Å². The Balaban J connectivity index is 3.37. The zero-order valence-electron chi connectivity index (χ0n) is 9.01. The van der Waals surface area contributed by atoms with E-state index in [-0.39, 0.29) is 18.0 Å². The fourth-order valence-corrected chi connectivity index (χ4v) is 1.78. The maximum absolute atomic E-state index is 10.9. The third kappa shape index (κ3) is 3.19. The Morgan fingerprint density at radius 3 is 2.82 bits per heavy atom. The number of nitro benzene ring substituents is 1. The summed E-state index contributed by atoms with van der Waals surface area (Å²) in [6.45, 7) is 1.40. The van der Waals surface area contributed by atoms with Crippen molar-refractivity contribution in [2.75, 3.05) is 6.61 Å². The lowest BCUT2D eigenvalue weighted by molar-refractivity contribution is -0.386. The maximum Gasteiger partial charge on any atom is 0.312 e. The Hall–Kier alpha value is -1.58. The van der Waals surface area contributed by atoms with Gasteiger partial charge in [0.2, 0.25) is 5.75 Å². The Bertz CT molecular complexity index is 479. The van der Waals surface area contributed by atoms with Gasteiger partial charge in [0.1, 0.15) is 6.61 Å². The molecular weight excluding hydrogens is 290 g/mol. The molecule has 0 radical (unpaired) electrons. The molecule has 5 nitrogen and oxygen atoms in total. The normalized spacial score (nSPS) is 11.6. The van der Waals surface area contributed by atoms with Crippen molar-refractivity contribution >= 4 is 21.6 Å². The molecule has 0 fully saturated rings. The molecule has 0 bridgehead atoms. The van der Waals surface area contributed by atoms with Crippen LogP contribution in [0.5, 0.6) is 5.75 Å². The number of hydrogen-bond donors (Lipinski definition) is 1. The van der Waals surface area contributed by atoms with Crippen molar-refractivity contribution < 1.29 is 14.8 Å². The van der Waals surface area contributed by atoms with Crippen molar-refractivity contribution in [1.82, 2.24) is 0 Å². The molecule has 0 amide bonds. The minimum Gasteiger partial charge on any atom is -0.473 e. The Morgan fingerprint density at radius 1 is 1.71 bits per heavy atom. The van der Waals surface area contributed by atoms with E-state index in [1.54, 1.807) is 6.07 Å². The molecule has 0 aliphatic rings. The van der Waals surface area contributed by atoms with Crippen molar-refractivity contribution in [3.05, 3.63) is 32.3 Å². The predicted molar refractivity (Wildman–Crippen MR) is 65.8 cm³/mol. The SMILES string of the molecule is C#CCOc1c([C@H](C)O)cc(Br)cc1[N+](=O)[O-]. The molecule has 0 aliphatic carbocycles. The predicted octanol–water partition coefficient (Wildman–Crippen LogP) is 2.42. The van der Waals surface area contributed by atoms with Gasteiger partial charge >= 0.3 is 5.69 Å². The molecule has 0 aromatic heterocycles. The summed E-state index contributed by atoms with van der Waals surface area (Å²) in [5.74, 6) is 2.23. The van der Waals surface area contributed by atoms with Crippen LogP contribution in [0.3, 0.4) is 0 Å². The molecule has 1 aromatic carbocycles. The molecule has 0 spiro atoms. The highest BCUT2D eigenvalue weighted by molar-refractivity contribution is 9.10. The minimum atomic E-state index is -0.890. The van der Waals surface area contributed by atoms with Gasteiger partial charge in [0.25, 0.3) is 0 Å². The highest BCUT2D eigenvalue weighted by Crippen LogP contribution is 2.37. The zero-order chi connectivity index (χ0) is 13.0. The van der Waals surface area contributed by atoms with Crippen LogP contribution in [0.4, 0.5) is 5.69 Å². The number of aliphatic hydroxyl groups is 1. The number of benzene rings is 1. The van der Waals surface area contributed by atoms with Crippen LogP contribution in [0.25, 0.3) is 0 Å². The van der Waals surface area contributed by atoms with Gasteiger partial charge in [-0.05, 0) is 13.0 Å². The van der Waals surface area contributed by atoms with Gasteiger partial charge in [-0.2, -0.15) is 0 Å². The number of halogens is 1. The molecule has 17 heavy (non-hydrogen) atoms. The summed E-state index contributed by atoms with van der Waals surface area (Å²) in [5.41, 5.74) is 0.0897. The fourth-order valence-electron chi connectivity index (χ4n) is 1.32. The van der Waals surface area contributed by atoms with Gasteiger partial charge in [-0.3, -0.25) is 10.1 Å². The van der Waals surface area contributed by atoms with E-state index in [1.165, 1.54) is 13.0 Å². The standard InChI is InChI=1S/C11H10BrNO4/c1-3-4-17-11-9(7(2)14)5-8(12)6-10(11)13(15)16/h1,5-7,14H,4H2,2H3/t7-/m0/s1. The highest BCUT2D eigenvalue weighted by atomic mass is 79.9. The first-order valence-corrected chi connectivity index (χ1v) is 5.48. The third-order valence-electron chi connectivity index (χ3n) is 2.01. The largest absolute Gasteiger partial charge is 0.473 e. The van der Waals surface area contributed by atoms with E-state index in [1.807, 2.05) is 0 Å². The fraction of sp³-hybridized carbons (Fsp3) is 0.273. The molecule has 0 saturated heterocycles. The van der Waals surface area contributed by atoms with Gasteiger partial charge in [0.15, 0.2) is 0 Å². The summed E-state index contributed by atoms with van der Waals surface area (Å²) in [4.78, 5) is 10.3. The first-order valence-electron chi connectivity index (χ1n) is 4.69. The first kappa shape index (κ1) is 13.5. The number of nitrogens with zero attached hydrogens (tertiary/aromatic N) is 1. The highest BCUT2D eigenvalue weighted by Gasteiger charge is 2.23. The molecule has 1 aromatic rings. The Kier molecular flexibility index (Phi) is 4.49. The van der Waals surface area contributed by atoms with Crippen molar-refractivity contribution in [1.29, 1.82) is 0 Å². The van der Waals surface area contributed by atoms with Crippen LogP contribution < -0.4 is 4.74 Å². The molecular formula is C11H10BrNO4. The summed E-state index contributed by atoms with van der Waals surface area (Å²) < 4.78 is 5.63. The topological polar surface area (TPSA) is 72.6 Å². The number of hydrogen-bond acceptors (Lipinski definition) is 4. The van der Waals surface area contributed by atoms with E-state index in [9.17, 15) is 15.2 Å². The van der Waals surface area contributed by atoms with Crippen molar-refractivity contribution in [3.63, 3.8) is 0 Å². The van der Waals surface area contributed by atoms with Crippen molar-refractivity contribution in [2.24, 2.45) is 0 Å². The average molecular weight is 300 g/mol. The quantitative estimate of drug-likeness (QED) is 0.526. The van der Waals surface area contributed by atoms with E-state index in [0.717, 1.165) is 0 Å². The van der Waals surface area contributed by atoms with Gasteiger partial charge in [-0.25, -0.2) is 0 Å². The first-order chi connectivity index (χ1) is 7.97. The summed E-state index contributed by atoms with van der Waals surface area (Å²) >= 11 is 3.14. The second kappa shape index (κ2) is 5.66. The van der Waals surface area contributed by atoms with Gasteiger partial charge < -0.3 is 9.84 Å². The van der Waals surface area contributed by atoms with Crippen LogP contribution >= 0.6 is 15.9 Å². The lowest BCUT2D eigenvalue weighted by Gasteiger charge is -2.12. The molecule has 1 atom stereocenters. The van der Waals surface area contributed by atoms with Gasteiger partial charge in [0.05, 0.1) is 11.0 Å². The van der Waals surface area contributed by atoms with Crippen LogP contribution in [0, 0.1) is 22.5 Å². The summed E-state index contributed by atoms with van der Waals surface area (Å²) in [7, 11) is 0. The van der Waals surface area contributed by atoms with E-state index in [0.29, 0.717) is 10.0 Å². The molecule has 0 saturated carbocycles. The molecule has 1 rings (SSSR count). The van der Waals surface area contributed by atoms with Gasteiger partial charge in [-0.1, -0.05) is 21.9 Å². The summed E-state index contributed by atoms with van der Waals surface area (Å²) in [6.07, 6.45) is 4.15. The van der Waals surface area contributed by atoms with E-state index in [2.05, 4.69) is 21.9 Å². The maximum atomic E-state index is 10.9. The smallest absolute Gasteiger partial charge is 0.312 e. The number of rotatable bonds is 4. The summed E-state index contributed by atoms with van der Waals surface area (Å²) in [6, 6.07) is 2.86. The van der Waals surface area contributed by atoms with Crippen molar-refractivity contribution in [3.8, 4) is 18.1 Å². The second-order valence-electron chi connectivity index (χ2n) is 3.27. The lowest BCUT2D eigenvalue weighted by Crippen LogP contribution is -2.04. The van der Waals surface area contributed by atoms with Crippen LogP contribution in [0.2, 0.25) is 0 Å². The van der Waals surface area contributed by atoms with E-state index < -0.39 is 11.0 Å². The lowest BCUT2D eigenvalue weighted by atomic mass is 10.1. The monoisotopic (exact) mass is 299 g/mol. The average Bonchev–Trinajstić information content (AvgIpc) is 2.26. The third-order valence-corrected chi connectivity index (χ3v) is 2.47. The number of aliphatic hydroxyl groups excluding tert-OH is 1. The van der Waals surface area contributed by atoms with E-state index in [4.69, 9.17) is 11.2 Å². The van der Waals surface area contributed by atoms with Crippen molar-refractivity contribution in [2.45, 2.75) is 13.0 Å². The minimum absolute atomic E-state index is 0.00569. The van der Waals surface area contributed by atoms with Gasteiger partial charge in [-0.15, -0.1) is 6.42 Å². The molecule has 0 unspecified atom stereocenters. The van der Waals surface area contributed by atoms with Crippen LogP contribution in [0.15, 0.2) is 16.6 Å². The van der Waals surface area contributed by atoms with Crippen LogP contribution in [-0.4, -0.2) is 16.6 Å². The number of ether oxygens (including phenoxy) is 1. The second-order valence-corrected chi connectivity index (χ2v) is 4.18. The van der Waals surface area contributed by atoms with Crippen LogP contribution in [-0.2, 0) is 0 Å². The molecule has 0 aliphatic heterocycles. The molecule has 0 heterocycles. The molecule has 90 valence electrons. The number of terminal acetylenes is 1. The van der Waals surface area contributed by atoms with Gasteiger partial charge in [0, 0.05) is 16.1 Å². The zero-order valence-corrected chi connectivity index (χ0v) is 10.6. The number of nitro groups is 1. The Labute approximate surface area is 107 Å². The molecule has 1 N–H and O–H groups in total. The molecule has 6 heteroatoms. The van der Waals surface area contributed by atoms with Crippen LogP contribution in [0.1, 0.15) is 18.6 Å². The Morgan fingerprint density at radius 2 is 2.35 bits per heavy atom.